The van der Waals surface area contributed by atoms with Crippen molar-refractivity contribution in [3.05, 3.63) is 71.6 Å². The molecule has 43 heavy (non-hydrogen) atoms. The number of piperazine rings is 1. The Labute approximate surface area is 250 Å². The highest BCUT2D eigenvalue weighted by molar-refractivity contribution is 5.94. The van der Waals surface area contributed by atoms with Crippen LogP contribution in [0.1, 0.15) is 24.8 Å². The van der Waals surface area contributed by atoms with Crippen molar-refractivity contribution in [2.75, 3.05) is 62.7 Å². The lowest BCUT2D eigenvalue weighted by atomic mass is 10.0. The van der Waals surface area contributed by atoms with Gasteiger partial charge < -0.3 is 29.2 Å². The van der Waals surface area contributed by atoms with Crippen LogP contribution in [0.2, 0.25) is 0 Å². The van der Waals surface area contributed by atoms with Gasteiger partial charge in [0.05, 0.1) is 5.69 Å². The number of benzene rings is 2. The summed E-state index contributed by atoms with van der Waals surface area (Å²) in [6, 6.07) is 8.11. The second-order valence-electron chi connectivity index (χ2n) is 11.4. The summed E-state index contributed by atoms with van der Waals surface area (Å²) in [5, 5.41) is 0.521. The van der Waals surface area contributed by atoms with Crippen LogP contribution >= 0.6 is 0 Å². The van der Waals surface area contributed by atoms with Crippen molar-refractivity contribution in [1.29, 1.82) is 0 Å². The number of likely N-dealkylation sites (N-methyl/N-ethyl adjacent to an activating group) is 1. The molecule has 3 aromatic rings. The van der Waals surface area contributed by atoms with Crippen LogP contribution in [0, 0.1) is 18.2 Å². The van der Waals surface area contributed by atoms with E-state index < -0.39 is 5.82 Å². The number of hydrogen-bond donors (Lipinski definition) is 0. The van der Waals surface area contributed by atoms with Gasteiger partial charge in [-0.3, -0.25) is 4.79 Å². The predicted octanol–water partition coefficient (Wildman–Crippen LogP) is 4.59. The van der Waals surface area contributed by atoms with Crippen molar-refractivity contribution in [1.82, 2.24) is 19.8 Å². The fourth-order valence-electron chi connectivity index (χ4n) is 6.52. The number of halogens is 2. The highest BCUT2D eigenvalue weighted by Crippen LogP contribution is 2.39. The summed E-state index contributed by atoms with van der Waals surface area (Å²) < 4.78 is 36.7. The van der Waals surface area contributed by atoms with E-state index in [2.05, 4.69) is 28.4 Å². The predicted molar refractivity (Wildman–Crippen MR) is 162 cm³/mol. The van der Waals surface area contributed by atoms with Gasteiger partial charge in [0.25, 0.3) is 0 Å². The molecule has 2 atom stereocenters. The number of carbonyl (C=O) groups excluding carboxylic acids is 1. The Morgan fingerprint density at radius 2 is 1.95 bits per heavy atom. The van der Waals surface area contributed by atoms with Gasteiger partial charge in [-0.05, 0) is 81.2 Å². The number of nitrogens with zero attached hydrogens (tertiary/aromatic N) is 7. The molecule has 3 aliphatic heterocycles. The van der Waals surface area contributed by atoms with E-state index in [1.165, 1.54) is 18.2 Å². The number of rotatable bonds is 7. The number of likely N-dealkylation sites (tertiary alicyclic amines) is 1. The van der Waals surface area contributed by atoms with Crippen LogP contribution < -0.4 is 14.5 Å². The van der Waals surface area contributed by atoms with Gasteiger partial charge in [0, 0.05) is 43.3 Å². The highest BCUT2D eigenvalue weighted by Gasteiger charge is 2.34. The quantitative estimate of drug-likeness (QED) is 0.296. The van der Waals surface area contributed by atoms with E-state index in [-0.39, 0.29) is 41.9 Å². The van der Waals surface area contributed by atoms with Gasteiger partial charge >= 0.3 is 6.01 Å². The number of carbonyl (C=O) groups is 1. The third-order valence-electron chi connectivity index (χ3n) is 8.81. The van der Waals surface area contributed by atoms with Crippen molar-refractivity contribution >= 4 is 34.0 Å². The lowest BCUT2D eigenvalue weighted by Gasteiger charge is -2.39. The fraction of sp³-hybridized carbons (Fsp3) is 0.438. The standard InChI is InChI=1S/C32H35F2N7O2/c1-4-28(42)40-16-15-39(19-24(40)18-35-2)31-25-10-12-27(41-14-5-7-21-17-22(33)9-11-26(21)41)29(34)30(25)36-32(37-31)43-20-23-8-6-13-38(23)3/h4,9-12,17,23-24H,1,5-8,13-16,18-20H2,3H3/t23-,24-/m0/s1. The van der Waals surface area contributed by atoms with E-state index in [1.54, 1.807) is 17.0 Å². The summed E-state index contributed by atoms with van der Waals surface area (Å²) in [5.74, 6) is -0.521. The third kappa shape index (κ3) is 5.59. The van der Waals surface area contributed by atoms with Gasteiger partial charge in [-0.25, -0.2) is 15.4 Å². The molecule has 4 heterocycles. The number of aromatic nitrogens is 2. The molecule has 0 spiro atoms. The summed E-state index contributed by atoms with van der Waals surface area (Å²) in [5.41, 5.74) is 2.12. The van der Waals surface area contributed by atoms with Crippen LogP contribution in [0.3, 0.4) is 0 Å². The van der Waals surface area contributed by atoms with E-state index >= 15 is 4.39 Å². The first kappa shape index (κ1) is 28.8. The van der Waals surface area contributed by atoms with Crippen molar-refractivity contribution in [2.45, 2.75) is 37.8 Å². The summed E-state index contributed by atoms with van der Waals surface area (Å²) in [4.78, 5) is 33.2. The second kappa shape index (κ2) is 12.1. The van der Waals surface area contributed by atoms with Crippen LogP contribution in [0.4, 0.5) is 26.0 Å². The zero-order chi connectivity index (χ0) is 30.1. The topological polar surface area (TPSA) is 69.4 Å². The highest BCUT2D eigenvalue weighted by atomic mass is 19.1. The zero-order valence-electron chi connectivity index (χ0n) is 24.3. The normalized spacial score (nSPS) is 20.7. The van der Waals surface area contributed by atoms with Crippen molar-refractivity contribution in [3.8, 4) is 6.01 Å². The lowest BCUT2D eigenvalue weighted by molar-refractivity contribution is -0.128. The molecule has 224 valence electrons. The molecule has 6 rings (SSSR count). The molecule has 0 bridgehead atoms. The first-order chi connectivity index (χ1) is 20.9. The van der Waals surface area contributed by atoms with E-state index in [0.717, 1.165) is 43.5 Å². The Morgan fingerprint density at radius 1 is 1.12 bits per heavy atom. The molecule has 1 amide bonds. The van der Waals surface area contributed by atoms with Gasteiger partial charge in [-0.15, -0.1) is 0 Å². The van der Waals surface area contributed by atoms with Crippen LogP contribution in [0.5, 0.6) is 6.01 Å². The Balaban J connectivity index is 1.41. The molecule has 2 fully saturated rings. The molecule has 0 radical (unpaired) electrons. The van der Waals surface area contributed by atoms with Gasteiger partial charge in [-0.1, -0.05) is 6.58 Å². The second-order valence-corrected chi connectivity index (χ2v) is 11.4. The minimum atomic E-state index is -0.501. The fourth-order valence-corrected chi connectivity index (χ4v) is 6.52. The number of amides is 1. The van der Waals surface area contributed by atoms with Crippen LogP contribution in [-0.2, 0) is 11.2 Å². The number of anilines is 3. The Bertz CT molecular complexity index is 1590. The summed E-state index contributed by atoms with van der Waals surface area (Å²) in [6.45, 7) is 14.3. The summed E-state index contributed by atoms with van der Waals surface area (Å²) in [7, 11) is 2.06. The lowest BCUT2D eigenvalue weighted by Crippen LogP contribution is -2.56. The van der Waals surface area contributed by atoms with Crippen molar-refractivity contribution in [3.63, 3.8) is 0 Å². The maximum atomic E-state index is 16.6. The molecule has 0 N–H and O–H groups in total. The molecule has 2 aromatic carbocycles. The Morgan fingerprint density at radius 3 is 2.72 bits per heavy atom. The molecule has 3 aliphatic rings. The summed E-state index contributed by atoms with van der Waals surface area (Å²) in [6.07, 6.45) is 4.85. The van der Waals surface area contributed by atoms with Crippen LogP contribution in [0.25, 0.3) is 15.7 Å². The Kier molecular flexibility index (Phi) is 8.13. The minimum Gasteiger partial charge on any atom is -0.462 e. The molecule has 9 nitrogen and oxygen atoms in total. The van der Waals surface area contributed by atoms with E-state index in [9.17, 15) is 9.18 Å². The van der Waals surface area contributed by atoms with Gasteiger partial charge in [0.15, 0.2) is 5.82 Å². The number of ether oxygens (including phenoxy) is 1. The van der Waals surface area contributed by atoms with Crippen molar-refractivity contribution in [2.24, 2.45) is 0 Å². The molecule has 0 unspecified atom stereocenters. The van der Waals surface area contributed by atoms with Crippen molar-refractivity contribution < 1.29 is 18.3 Å². The average molecular weight is 588 g/mol. The number of hydrogen-bond acceptors (Lipinski definition) is 7. The maximum absolute atomic E-state index is 16.6. The molecular formula is C32H35F2N7O2. The van der Waals surface area contributed by atoms with Crippen LogP contribution in [-0.4, -0.2) is 90.7 Å². The smallest absolute Gasteiger partial charge is 0.319 e. The molecule has 11 heteroatoms. The minimum absolute atomic E-state index is 0.0892. The Hall–Kier alpha value is -4.30. The van der Waals surface area contributed by atoms with E-state index in [4.69, 9.17) is 16.3 Å². The molecule has 1 aromatic heterocycles. The van der Waals surface area contributed by atoms with Gasteiger partial charge in [0.1, 0.15) is 29.8 Å². The SMILES string of the molecule is [C-]#[N+]C[C@H]1CN(c2nc(OC[C@@H]3CCCN3C)nc3c(F)c(N4CCCc5cc(F)ccc54)ccc23)CCN1C(=O)C=C. The van der Waals surface area contributed by atoms with E-state index in [1.807, 2.05) is 15.9 Å². The van der Waals surface area contributed by atoms with E-state index in [0.29, 0.717) is 49.7 Å². The maximum Gasteiger partial charge on any atom is 0.319 e. The molecule has 2 saturated heterocycles. The zero-order valence-corrected chi connectivity index (χ0v) is 24.3. The van der Waals surface area contributed by atoms with Gasteiger partial charge in [0.2, 0.25) is 12.5 Å². The first-order valence-electron chi connectivity index (χ1n) is 14.8. The average Bonchev–Trinajstić information content (AvgIpc) is 3.43. The van der Waals surface area contributed by atoms with Gasteiger partial charge in [-0.2, -0.15) is 9.97 Å². The molecule has 0 saturated carbocycles. The largest absolute Gasteiger partial charge is 0.462 e. The summed E-state index contributed by atoms with van der Waals surface area (Å²) >= 11 is 0. The first-order valence-corrected chi connectivity index (χ1v) is 14.8. The van der Waals surface area contributed by atoms with Crippen LogP contribution in [0.15, 0.2) is 43.0 Å². The number of aryl methyl sites for hydroxylation is 1. The third-order valence-corrected chi connectivity index (χ3v) is 8.81. The monoisotopic (exact) mass is 587 g/mol. The molecule has 0 aliphatic carbocycles. The molecular weight excluding hydrogens is 552 g/mol. The number of fused-ring (bicyclic) bond motifs is 2.